The van der Waals surface area contributed by atoms with Crippen LogP contribution in [0.15, 0.2) is 17.1 Å². The van der Waals surface area contributed by atoms with Crippen LogP contribution in [-0.4, -0.2) is 58.5 Å². The molecule has 0 radical (unpaired) electrons. The first-order valence-corrected chi connectivity index (χ1v) is 12.5. The lowest BCUT2D eigenvalue weighted by Crippen LogP contribution is -2.47. The molecule has 6 atom stereocenters. The van der Waals surface area contributed by atoms with Crippen molar-refractivity contribution in [2.75, 3.05) is 6.61 Å². The zero-order valence-corrected chi connectivity index (χ0v) is 18.5. The number of phosphoric acid groups is 3. The molecule has 0 saturated carbocycles. The topological polar surface area (TPSA) is 227 Å². The van der Waals surface area contributed by atoms with Gasteiger partial charge >= 0.3 is 29.2 Å². The number of nitrogens with one attached hydrogen (secondary N) is 1. The number of aliphatic hydroxyl groups excluding tert-OH is 1. The van der Waals surface area contributed by atoms with Crippen LogP contribution in [0.1, 0.15) is 13.2 Å². The Kier molecular flexibility index (Phi) is 7.34. The number of hydrogen-bond donors (Lipinski definition) is 6. The fourth-order valence-electron chi connectivity index (χ4n) is 2.45. The highest BCUT2D eigenvalue weighted by atomic mass is 32.1. The minimum atomic E-state index is -5.89. The zero-order valence-electron chi connectivity index (χ0n) is 15.0. The summed E-state index contributed by atoms with van der Waals surface area (Å²) in [4.78, 5) is 49.3. The molecule has 31 heavy (non-hydrogen) atoms. The molecule has 21 heteroatoms. The maximum absolute atomic E-state index is 15.0. The highest BCUT2D eigenvalue weighted by Gasteiger charge is 2.65. The van der Waals surface area contributed by atoms with Gasteiger partial charge < -0.3 is 29.4 Å². The monoisotopic (exact) mass is 534 g/mol. The maximum Gasteiger partial charge on any atom is 0.490 e. The summed E-state index contributed by atoms with van der Waals surface area (Å²) < 4.78 is 79.6. The highest BCUT2D eigenvalue weighted by Crippen LogP contribution is 2.66. The Morgan fingerprint density at radius 3 is 2.32 bits per heavy atom. The van der Waals surface area contributed by atoms with Gasteiger partial charge in [0.15, 0.2) is 18.0 Å². The molecule has 0 aromatic carbocycles. The van der Waals surface area contributed by atoms with Gasteiger partial charge in [-0.15, -0.1) is 0 Å². The van der Waals surface area contributed by atoms with Gasteiger partial charge in [-0.05, 0) is 13.0 Å². The number of halogens is 2. The van der Waals surface area contributed by atoms with Gasteiger partial charge in [-0.2, -0.15) is 8.62 Å². The summed E-state index contributed by atoms with van der Waals surface area (Å²) >= 11 is 4.70. The van der Waals surface area contributed by atoms with Gasteiger partial charge in [0.2, 0.25) is 0 Å². The lowest BCUT2D eigenvalue weighted by atomic mass is 9.97. The predicted octanol–water partition coefficient (Wildman–Crippen LogP) is 0.533. The number of aromatic amines is 1. The first-order chi connectivity index (χ1) is 13.8. The van der Waals surface area contributed by atoms with Crippen molar-refractivity contribution >= 4 is 35.7 Å². The molecule has 1 aliphatic heterocycles. The Hall–Kier alpha value is -0.710. The molecule has 0 bridgehead atoms. The van der Waals surface area contributed by atoms with Gasteiger partial charge in [0.25, 0.3) is 5.85 Å². The van der Waals surface area contributed by atoms with Gasteiger partial charge in [0, 0.05) is 6.20 Å². The number of aliphatic hydroxyl groups is 1. The second-order valence-corrected chi connectivity index (χ2v) is 11.1. The Labute approximate surface area is 175 Å². The minimum absolute atomic E-state index is 0.0560. The third-order valence-corrected chi connectivity index (χ3v) is 7.70. The Bertz CT molecular complexity index is 1100. The second-order valence-electron chi connectivity index (χ2n) is 6.19. The van der Waals surface area contributed by atoms with E-state index in [1.165, 1.54) is 0 Å². The number of H-pyrrole nitrogens is 1. The second kappa shape index (κ2) is 8.57. The molecule has 1 saturated heterocycles. The molecule has 0 spiro atoms. The number of ether oxygens (including phenoxy) is 1. The van der Waals surface area contributed by atoms with Crippen LogP contribution in [-0.2, 0) is 31.6 Å². The van der Waals surface area contributed by atoms with Crippen LogP contribution in [0.4, 0.5) is 8.78 Å². The normalized spacial score (nSPS) is 33.0. The van der Waals surface area contributed by atoms with Crippen LogP contribution < -0.4 is 5.69 Å². The van der Waals surface area contributed by atoms with Crippen molar-refractivity contribution in [3.8, 4) is 0 Å². The van der Waals surface area contributed by atoms with Crippen molar-refractivity contribution in [1.29, 1.82) is 0 Å². The molecule has 178 valence electrons. The molecule has 2 rings (SSSR count). The molecular formula is C10H15F2N2O13P3S. The van der Waals surface area contributed by atoms with E-state index in [9.17, 15) is 32.9 Å². The standard InChI is InChI=1S/C10H15F2N2O13P3S/c1-9(11)6(15)10(12,25-7(9)14-3-2-5(31)13-8(14)16)4-24-29(20,21)27-30(22,23)26-28(17,18)19/h2-3,6-7,15H,4H2,1H3,(H,20,21)(H,22,23)(H,13,16,31)(H2,17,18,19)/t6?,7-,9-,10-/m1/s1. The summed E-state index contributed by atoms with van der Waals surface area (Å²) in [7, 11) is -17.3. The number of rotatable bonds is 8. The Morgan fingerprint density at radius 1 is 1.23 bits per heavy atom. The number of hydrogen-bond acceptors (Lipinski definition) is 10. The van der Waals surface area contributed by atoms with E-state index in [0.29, 0.717) is 11.5 Å². The summed E-state index contributed by atoms with van der Waals surface area (Å²) in [5.41, 5.74) is -4.07. The average molecular weight is 534 g/mol. The van der Waals surface area contributed by atoms with E-state index < -0.39 is 59.6 Å². The van der Waals surface area contributed by atoms with Gasteiger partial charge in [-0.1, -0.05) is 12.2 Å². The Morgan fingerprint density at radius 2 is 1.81 bits per heavy atom. The van der Waals surface area contributed by atoms with Crippen LogP contribution in [0, 0.1) is 4.64 Å². The molecule has 6 N–H and O–H groups in total. The molecule has 0 aliphatic carbocycles. The minimum Gasteiger partial charge on any atom is -0.384 e. The van der Waals surface area contributed by atoms with Gasteiger partial charge in [0.05, 0.1) is 0 Å². The van der Waals surface area contributed by atoms with E-state index >= 15 is 4.39 Å². The quantitative estimate of drug-likeness (QED) is 0.198. The average Bonchev–Trinajstić information content (AvgIpc) is 2.71. The molecule has 15 nitrogen and oxygen atoms in total. The van der Waals surface area contributed by atoms with Gasteiger partial charge in [0.1, 0.15) is 11.2 Å². The molecule has 1 fully saturated rings. The summed E-state index contributed by atoms with van der Waals surface area (Å²) in [5.74, 6) is -3.61. The largest absolute Gasteiger partial charge is 0.490 e. The SMILES string of the molecule is C[C@@]1(F)C(O)[C@@](F)(COP(=O)(O)OP(=O)(O)OP(=O)(O)O)O[C@H]1n1ccc(=S)[nH]c1=O. The van der Waals surface area contributed by atoms with Crippen LogP contribution >= 0.6 is 35.7 Å². The summed E-state index contributed by atoms with van der Waals surface area (Å²) in [6.45, 7) is -1.16. The smallest absolute Gasteiger partial charge is 0.384 e. The molecule has 1 aromatic heterocycles. The van der Waals surface area contributed by atoms with Crippen molar-refractivity contribution in [2.24, 2.45) is 0 Å². The zero-order chi connectivity index (χ0) is 24.0. The molecule has 3 unspecified atom stereocenters. The molecule has 1 aromatic rings. The third kappa shape index (κ3) is 6.42. The van der Waals surface area contributed by atoms with Crippen LogP contribution in [0.2, 0.25) is 0 Å². The van der Waals surface area contributed by atoms with Crippen LogP contribution in [0.3, 0.4) is 0 Å². The molecule has 1 aliphatic rings. The van der Waals surface area contributed by atoms with E-state index in [1.54, 1.807) is 0 Å². The lowest BCUT2D eigenvalue weighted by Gasteiger charge is -2.25. The van der Waals surface area contributed by atoms with Crippen LogP contribution in [0.5, 0.6) is 0 Å². The third-order valence-electron chi connectivity index (χ3n) is 3.68. The molecule has 0 amide bonds. The number of nitrogens with zero attached hydrogens (tertiary/aromatic N) is 1. The van der Waals surface area contributed by atoms with E-state index in [2.05, 4.69) is 18.1 Å². The first-order valence-electron chi connectivity index (χ1n) is 7.62. The van der Waals surface area contributed by atoms with E-state index in [-0.39, 0.29) is 4.64 Å². The van der Waals surface area contributed by atoms with Crippen molar-refractivity contribution in [3.63, 3.8) is 0 Å². The molecule has 2 heterocycles. The van der Waals surface area contributed by atoms with Gasteiger partial charge in [-0.25, -0.2) is 27.3 Å². The van der Waals surface area contributed by atoms with Gasteiger partial charge in [-0.3, -0.25) is 14.1 Å². The van der Waals surface area contributed by atoms with Crippen molar-refractivity contribution < 1.29 is 65.0 Å². The first kappa shape index (κ1) is 26.5. The maximum atomic E-state index is 15.0. The summed E-state index contributed by atoms with van der Waals surface area (Å²) in [6.07, 6.45) is -3.94. The lowest BCUT2D eigenvalue weighted by molar-refractivity contribution is -0.204. The summed E-state index contributed by atoms with van der Waals surface area (Å²) in [5, 5.41) is 9.99. The van der Waals surface area contributed by atoms with E-state index in [0.717, 1.165) is 12.3 Å². The highest BCUT2D eigenvalue weighted by molar-refractivity contribution is 7.71. The number of alkyl halides is 2. The fraction of sp³-hybridized carbons (Fsp3) is 0.600. The predicted molar refractivity (Wildman–Crippen MR) is 95.2 cm³/mol. The summed E-state index contributed by atoms with van der Waals surface area (Å²) in [6, 6.07) is 1.12. The van der Waals surface area contributed by atoms with Crippen molar-refractivity contribution in [1.82, 2.24) is 9.55 Å². The van der Waals surface area contributed by atoms with Crippen LogP contribution in [0.25, 0.3) is 0 Å². The Balaban J connectivity index is 2.22. The van der Waals surface area contributed by atoms with Crippen molar-refractivity contribution in [3.05, 3.63) is 27.4 Å². The molecular weight excluding hydrogens is 519 g/mol. The van der Waals surface area contributed by atoms with Crippen molar-refractivity contribution in [2.45, 2.75) is 30.8 Å². The number of phosphoric ester groups is 1. The van der Waals surface area contributed by atoms with E-state index in [1.807, 2.05) is 0 Å². The number of aromatic nitrogens is 2. The van der Waals surface area contributed by atoms with E-state index in [4.69, 9.17) is 31.6 Å². The fourth-order valence-corrected chi connectivity index (χ4v) is 5.63.